The number of carboxylic acids is 1. The van der Waals surface area contributed by atoms with Crippen LogP contribution in [0.15, 0.2) is 48.5 Å². The van der Waals surface area contributed by atoms with Crippen molar-refractivity contribution in [1.82, 2.24) is 10.2 Å². The number of likely N-dealkylation sites (tertiary alicyclic amines) is 1. The second-order valence-electron chi connectivity index (χ2n) is 10.2. The van der Waals surface area contributed by atoms with Crippen molar-refractivity contribution in [2.45, 2.75) is 31.7 Å². The Balaban J connectivity index is 1.24. The van der Waals surface area contributed by atoms with Gasteiger partial charge in [0.1, 0.15) is 12.1 Å². The highest BCUT2D eigenvalue weighted by atomic mass is 16.5. The zero-order valence-electron chi connectivity index (χ0n) is 20.0. The van der Waals surface area contributed by atoms with E-state index in [-0.39, 0.29) is 30.9 Å². The van der Waals surface area contributed by atoms with Crippen molar-refractivity contribution in [3.63, 3.8) is 0 Å². The molecule has 184 valence electrons. The average Bonchev–Trinajstić information content (AvgIpc) is 3.39. The molecule has 1 aliphatic carbocycles. The number of rotatable bonds is 5. The molecule has 0 unspecified atom stereocenters. The SMILES string of the molecule is CC(C)(NC(=O)OCC1c2ccccc2-c2ccccc21)C(=O)N1C[C@@H]2COCC[C@]2(C(=O)O)C1. The molecule has 2 N–H and O–H groups in total. The number of carbonyl (C=O) groups is 3. The molecule has 0 aromatic heterocycles. The van der Waals surface area contributed by atoms with Crippen molar-refractivity contribution in [2.24, 2.45) is 11.3 Å². The van der Waals surface area contributed by atoms with Crippen LogP contribution in [0.3, 0.4) is 0 Å². The summed E-state index contributed by atoms with van der Waals surface area (Å²) in [7, 11) is 0. The van der Waals surface area contributed by atoms with Gasteiger partial charge in [0, 0.05) is 31.5 Å². The summed E-state index contributed by atoms with van der Waals surface area (Å²) in [6.45, 7) is 4.47. The zero-order chi connectivity index (χ0) is 24.8. The predicted octanol–water partition coefficient (Wildman–Crippen LogP) is 3.25. The van der Waals surface area contributed by atoms with Crippen LogP contribution >= 0.6 is 0 Å². The molecule has 8 nitrogen and oxygen atoms in total. The fourth-order valence-electron chi connectivity index (χ4n) is 5.79. The molecule has 2 aromatic carbocycles. The summed E-state index contributed by atoms with van der Waals surface area (Å²) in [6.07, 6.45) is -0.310. The Kier molecular flexibility index (Phi) is 5.79. The minimum Gasteiger partial charge on any atom is -0.481 e. The van der Waals surface area contributed by atoms with E-state index in [9.17, 15) is 19.5 Å². The van der Waals surface area contributed by atoms with Gasteiger partial charge < -0.3 is 24.8 Å². The number of carboxylic acid groups (broad SMARTS) is 1. The molecule has 0 saturated carbocycles. The van der Waals surface area contributed by atoms with Crippen LogP contribution in [0.5, 0.6) is 0 Å². The lowest BCUT2D eigenvalue weighted by atomic mass is 9.74. The Morgan fingerprint density at radius 2 is 1.74 bits per heavy atom. The molecule has 3 aliphatic rings. The number of amides is 2. The molecule has 2 saturated heterocycles. The summed E-state index contributed by atoms with van der Waals surface area (Å²) >= 11 is 0. The monoisotopic (exact) mass is 478 g/mol. The van der Waals surface area contributed by atoms with Crippen molar-refractivity contribution in [1.29, 1.82) is 0 Å². The van der Waals surface area contributed by atoms with Gasteiger partial charge in [-0.2, -0.15) is 0 Å². The van der Waals surface area contributed by atoms with Crippen LogP contribution in [0.4, 0.5) is 4.79 Å². The third kappa shape index (κ3) is 3.95. The number of hydrogen-bond acceptors (Lipinski definition) is 5. The third-order valence-electron chi connectivity index (χ3n) is 7.71. The standard InChI is InChI=1S/C27H30N2O6/c1-26(2,23(30)29-13-17-14-34-12-11-27(17,16-29)24(31)32)28-25(33)35-15-22-20-9-5-3-7-18(20)19-8-4-6-10-21(19)22/h3-10,17,22H,11-16H2,1-2H3,(H,28,33)(H,31,32)/t17-,27+/m1/s1. The van der Waals surface area contributed by atoms with E-state index in [2.05, 4.69) is 17.4 Å². The molecule has 2 fully saturated rings. The molecule has 0 spiro atoms. The first-order valence-corrected chi connectivity index (χ1v) is 12.0. The van der Waals surface area contributed by atoms with Crippen molar-refractivity contribution >= 4 is 18.0 Å². The van der Waals surface area contributed by atoms with Crippen LogP contribution in [0.25, 0.3) is 11.1 Å². The fraction of sp³-hybridized carbons (Fsp3) is 0.444. The summed E-state index contributed by atoms with van der Waals surface area (Å²) in [4.78, 5) is 39.7. The van der Waals surface area contributed by atoms with Crippen molar-refractivity contribution in [3.8, 4) is 11.1 Å². The molecule has 2 aliphatic heterocycles. The van der Waals surface area contributed by atoms with Crippen LogP contribution in [0.2, 0.25) is 0 Å². The number of benzene rings is 2. The number of ether oxygens (including phenoxy) is 2. The lowest BCUT2D eigenvalue weighted by molar-refractivity contribution is -0.157. The summed E-state index contributed by atoms with van der Waals surface area (Å²) < 4.78 is 11.1. The molecular weight excluding hydrogens is 448 g/mol. The van der Waals surface area contributed by atoms with E-state index in [4.69, 9.17) is 9.47 Å². The van der Waals surface area contributed by atoms with Gasteiger partial charge in [0.15, 0.2) is 0 Å². The van der Waals surface area contributed by atoms with E-state index in [1.165, 1.54) is 4.90 Å². The first-order valence-electron chi connectivity index (χ1n) is 12.0. The molecule has 35 heavy (non-hydrogen) atoms. The Labute approximate surface area is 204 Å². The van der Waals surface area contributed by atoms with Crippen molar-refractivity contribution < 1.29 is 29.0 Å². The Morgan fingerprint density at radius 3 is 2.34 bits per heavy atom. The molecule has 2 amide bonds. The second-order valence-corrected chi connectivity index (χ2v) is 10.2. The summed E-state index contributed by atoms with van der Waals surface area (Å²) in [5.74, 6) is -1.57. The maximum absolute atomic E-state index is 13.3. The maximum atomic E-state index is 13.3. The summed E-state index contributed by atoms with van der Waals surface area (Å²) in [5, 5.41) is 12.6. The lowest BCUT2D eigenvalue weighted by Gasteiger charge is -2.34. The first kappa shape index (κ1) is 23.4. The first-order chi connectivity index (χ1) is 16.7. The van der Waals surface area contributed by atoms with Gasteiger partial charge in [-0.3, -0.25) is 9.59 Å². The lowest BCUT2D eigenvalue weighted by Crippen LogP contribution is -2.56. The molecule has 5 rings (SSSR count). The Hall–Kier alpha value is -3.39. The number of nitrogens with zero attached hydrogens (tertiary/aromatic N) is 1. The van der Waals surface area contributed by atoms with Crippen LogP contribution < -0.4 is 5.32 Å². The fourth-order valence-corrected chi connectivity index (χ4v) is 5.79. The largest absolute Gasteiger partial charge is 0.481 e. The van der Waals surface area contributed by atoms with Crippen LogP contribution in [0.1, 0.15) is 37.3 Å². The van der Waals surface area contributed by atoms with Gasteiger partial charge in [-0.25, -0.2) is 4.79 Å². The topological polar surface area (TPSA) is 105 Å². The highest BCUT2D eigenvalue weighted by Crippen LogP contribution is 2.45. The number of hydrogen-bond donors (Lipinski definition) is 2. The van der Waals surface area contributed by atoms with Gasteiger partial charge in [-0.1, -0.05) is 48.5 Å². The van der Waals surface area contributed by atoms with Crippen molar-refractivity contribution in [2.75, 3.05) is 32.9 Å². The number of alkyl carbamates (subject to hydrolysis) is 1. The highest BCUT2D eigenvalue weighted by molar-refractivity contribution is 5.90. The molecule has 8 heteroatoms. The van der Waals surface area contributed by atoms with Gasteiger partial charge in [0.25, 0.3) is 0 Å². The quantitative estimate of drug-likeness (QED) is 0.684. The van der Waals surface area contributed by atoms with E-state index < -0.39 is 23.0 Å². The van der Waals surface area contributed by atoms with E-state index in [1.54, 1.807) is 13.8 Å². The number of nitrogens with one attached hydrogen (secondary N) is 1. The minimum absolute atomic E-state index is 0.0795. The van der Waals surface area contributed by atoms with Crippen LogP contribution in [-0.4, -0.2) is 66.4 Å². The molecule has 0 radical (unpaired) electrons. The predicted molar refractivity (Wildman–Crippen MR) is 128 cm³/mol. The van der Waals surface area contributed by atoms with E-state index >= 15 is 0 Å². The second kappa shape index (κ2) is 8.68. The van der Waals surface area contributed by atoms with Gasteiger partial charge in [0.05, 0.1) is 12.0 Å². The Morgan fingerprint density at radius 1 is 1.11 bits per heavy atom. The summed E-state index contributed by atoms with van der Waals surface area (Å²) in [6, 6.07) is 16.2. The van der Waals surface area contributed by atoms with Crippen molar-refractivity contribution in [3.05, 3.63) is 59.7 Å². The number of fused-ring (bicyclic) bond motifs is 4. The van der Waals surface area contributed by atoms with Crippen LogP contribution in [-0.2, 0) is 19.1 Å². The van der Waals surface area contributed by atoms with Gasteiger partial charge >= 0.3 is 12.1 Å². The molecule has 2 heterocycles. The normalized spacial score (nSPS) is 23.3. The van der Waals surface area contributed by atoms with E-state index in [0.29, 0.717) is 26.2 Å². The molecule has 2 aromatic rings. The average molecular weight is 479 g/mol. The Bertz CT molecular complexity index is 1130. The summed E-state index contributed by atoms with van der Waals surface area (Å²) in [5.41, 5.74) is 2.25. The van der Waals surface area contributed by atoms with Gasteiger partial charge in [-0.05, 0) is 42.5 Å². The molecule has 0 bridgehead atoms. The third-order valence-corrected chi connectivity index (χ3v) is 7.71. The minimum atomic E-state index is -1.25. The molecule has 2 atom stereocenters. The highest BCUT2D eigenvalue weighted by Gasteiger charge is 2.56. The van der Waals surface area contributed by atoms with E-state index in [0.717, 1.165) is 22.3 Å². The number of carbonyl (C=O) groups excluding carboxylic acids is 2. The number of aliphatic carboxylic acids is 1. The van der Waals surface area contributed by atoms with Crippen LogP contribution in [0, 0.1) is 11.3 Å². The molecular formula is C27H30N2O6. The van der Waals surface area contributed by atoms with E-state index in [1.807, 2.05) is 36.4 Å². The smallest absolute Gasteiger partial charge is 0.408 e. The van der Waals surface area contributed by atoms with Gasteiger partial charge in [0.2, 0.25) is 5.91 Å². The maximum Gasteiger partial charge on any atom is 0.408 e. The zero-order valence-corrected chi connectivity index (χ0v) is 20.0. The van der Waals surface area contributed by atoms with Gasteiger partial charge in [-0.15, -0.1) is 0 Å².